The van der Waals surface area contributed by atoms with Crippen molar-refractivity contribution in [3.05, 3.63) is 53.6 Å². The van der Waals surface area contributed by atoms with Crippen LogP contribution in [0.5, 0.6) is 17.2 Å². The first-order valence-corrected chi connectivity index (χ1v) is 11.4. The highest BCUT2D eigenvalue weighted by Gasteiger charge is 2.53. The second-order valence-electron chi connectivity index (χ2n) is 8.77. The highest BCUT2D eigenvalue weighted by molar-refractivity contribution is 6.02. The zero-order valence-electron chi connectivity index (χ0n) is 18.7. The van der Waals surface area contributed by atoms with E-state index < -0.39 is 5.72 Å². The summed E-state index contributed by atoms with van der Waals surface area (Å²) in [6.45, 7) is 5.70. The minimum absolute atomic E-state index is 0.170. The third-order valence-electron chi connectivity index (χ3n) is 6.97. The van der Waals surface area contributed by atoms with Crippen LogP contribution in [0.3, 0.4) is 0 Å². The molecule has 5 rings (SSSR count). The second kappa shape index (κ2) is 8.08. The predicted molar refractivity (Wildman–Crippen MR) is 120 cm³/mol. The first kappa shape index (κ1) is 20.2. The summed E-state index contributed by atoms with van der Waals surface area (Å²) in [4.78, 5) is 1.66. The summed E-state index contributed by atoms with van der Waals surface area (Å²) in [5, 5.41) is 7.45. The summed E-state index contributed by atoms with van der Waals surface area (Å²) in [7, 11) is 3.42. The molecule has 0 aromatic heterocycles. The third kappa shape index (κ3) is 3.43. The Kier molecular flexibility index (Phi) is 5.26. The number of hydrogen-bond acceptors (Lipinski definition) is 5. The van der Waals surface area contributed by atoms with Crippen LogP contribution in [0.15, 0.2) is 47.6 Å². The summed E-state index contributed by atoms with van der Waals surface area (Å²) in [6, 6.07) is 14.6. The van der Waals surface area contributed by atoms with Crippen LogP contribution in [0.25, 0.3) is 0 Å². The summed E-state index contributed by atoms with van der Waals surface area (Å²) < 4.78 is 17.8. The fourth-order valence-electron chi connectivity index (χ4n) is 5.32. The number of rotatable bonds is 5. The van der Waals surface area contributed by atoms with Crippen LogP contribution in [0.4, 0.5) is 0 Å². The standard InChI is InChI=1S/C25H31N3O3/c1-4-14-27-15-12-25(13-16-27)28-22(20-6-5-7-23(30-3)24(20)31-25)17-21(26-28)18-8-10-19(29-2)11-9-18/h5-11,22H,4,12-17H2,1-3H3/p+1/t22-/m1/s1. The van der Waals surface area contributed by atoms with Crippen molar-refractivity contribution in [3.8, 4) is 17.2 Å². The van der Waals surface area contributed by atoms with E-state index in [2.05, 4.69) is 36.2 Å². The van der Waals surface area contributed by atoms with Gasteiger partial charge in [0.1, 0.15) is 5.75 Å². The average Bonchev–Trinajstić information content (AvgIpc) is 3.27. The largest absolute Gasteiger partial charge is 0.497 e. The first-order chi connectivity index (χ1) is 15.2. The Morgan fingerprint density at radius 2 is 1.87 bits per heavy atom. The zero-order chi connectivity index (χ0) is 21.4. The molecule has 3 aliphatic heterocycles. The molecule has 6 heteroatoms. The van der Waals surface area contributed by atoms with Crippen LogP contribution < -0.4 is 19.1 Å². The molecule has 0 aliphatic carbocycles. The zero-order valence-corrected chi connectivity index (χ0v) is 18.7. The molecule has 3 aliphatic rings. The first-order valence-electron chi connectivity index (χ1n) is 11.4. The van der Waals surface area contributed by atoms with Gasteiger partial charge in [0, 0.05) is 12.0 Å². The lowest BCUT2D eigenvalue weighted by molar-refractivity contribution is -0.908. The molecule has 0 unspecified atom stereocenters. The number of methoxy groups -OCH3 is 2. The third-order valence-corrected chi connectivity index (χ3v) is 6.97. The Bertz CT molecular complexity index is 964. The molecule has 1 spiro atoms. The second-order valence-corrected chi connectivity index (χ2v) is 8.77. The van der Waals surface area contributed by atoms with E-state index in [-0.39, 0.29) is 6.04 Å². The van der Waals surface area contributed by atoms with Gasteiger partial charge in [-0.05, 0) is 42.3 Å². The molecular formula is C25H32N3O3+. The van der Waals surface area contributed by atoms with Gasteiger partial charge in [-0.3, -0.25) is 0 Å². The van der Waals surface area contributed by atoms with Crippen molar-refractivity contribution in [3.63, 3.8) is 0 Å². The predicted octanol–water partition coefficient (Wildman–Crippen LogP) is 3.03. The van der Waals surface area contributed by atoms with Gasteiger partial charge in [0.15, 0.2) is 11.5 Å². The molecule has 0 amide bonds. The molecule has 1 atom stereocenters. The number of nitrogens with zero attached hydrogens (tertiary/aromatic N) is 2. The fourth-order valence-corrected chi connectivity index (χ4v) is 5.32. The van der Waals surface area contributed by atoms with Crippen molar-refractivity contribution in [1.29, 1.82) is 0 Å². The van der Waals surface area contributed by atoms with Crippen LogP contribution in [0, 0.1) is 0 Å². The lowest BCUT2D eigenvalue weighted by Crippen LogP contribution is -3.14. The monoisotopic (exact) mass is 422 g/mol. The number of hydrazone groups is 1. The maximum absolute atomic E-state index is 6.80. The van der Waals surface area contributed by atoms with Crippen molar-refractivity contribution in [2.75, 3.05) is 33.9 Å². The van der Waals surface area contributed by atoms with Crippen LogP contribution in [0.1, 0.15) is 49.8 Å². The fraction of sp³-hybridized carbons (Fsp3) is 0.480. The molecule has 1 N–H and O–H groups in total. The van der Waals surface area contributed by atoms with Crippen molar-refractivity contribution >= 4 is 5.71 Å². The Morgan fingerprint density at radius 3 is 2.55 bits per heavy atom. The van der Waals surface area contributed by atoms with Crippen molar-refractivity contribution in [2.24, 2.45) is 5.10 Å². The lowest BCUT2D eigenvalue weighted by Gasteiger charge is -2.50. The van der Waals surface area contributed by atoms with Crippen LogP contribution in [-0.4, -0.2) is 50.3 Å². The van der Waals surface area contributed by atoms with E-state index in [1.807, 2.05) is 18.2 Å². The molecule has 2 aromatic carbocycles. The Morgan fingerprint density at radius 1 is 1.10 bits per heavy atom. The van der Waals surface area contributed by atoms with Crippen molar-refractivity contribution < 1.29 is 19.1 Å². The van der Waals surface area contributed by atoms with Gasteiger partial charge < -0.3 is 19.1 Å². The molecular weight excluding hydrogens is 390 g/mol. The van der Waals surface area contributed by atoms with E-state index >= 15 is 0 Å². The molecule has 0 radical (unpaired) electrons. The van der Waals surface area contributed by atoms with Crippen LogP contribution in [0.2, 0.25) is 0 Å². The molecule has 31 heavy (non-hydrogen) atoms. The van der Waals surface area contributed by atoms with Gasteiger partial charge in [-0.2, -0.15) is 5.10 Å². The van der Waals surface area contributed by atoms with Gasteiger partial charge in [0.05, 0.1) is 58.4 Å². The quantitative estimate of drug-likeness (QED) is 0.805. The number of likely N-dealkylation sites (tertiary alicyclic amines) is 1. The molecule has 164 valence electrons. The van der Waals surface area contributed by atoms with Crippen molar-refractivity contribution in [2.45, 2.75) is 44.4 Å². The number of ether oxygens (including phenoxy) is 3. The van der Waals surface area contributed by atoms with Crippen LogP contribution in [-0.2, 0) is 0 Å². The topological polar surface area (TPSA) is 47.7 Å². The van der Waals surface area contributed by atoms with Gasteiger partial charge in [0.2, 0.25) is 5.72 Å². The Hall–Kier alpha value is -2.73. The lowest BCUT2D eigenvalue weighted by atomic mass is 9.90. The number of hydrogen-bond donors (Lipinski definition) is 1. The molecule has 0 bridgehead atoms. The summed E-state index contributed by atoms with van der Waals surface area (Å²) >= 11 is 0. The molecule has 3 heterocycles. The highest BCUT2D eigenvalue weighted by atomic mass is 16.5. The smallest absolute Gasteiger partial charge is 0.209 e. The molecule has 0 saturated carbocycles. The van der Waals surface area contributed by atoms with Crippen LogP contribution >= 0.6 is 0 Å². The summed E-state index contributed by atoms with van der Waals surface area (Å²) in [6.07, 6.45) is 4.01. The van der Waals surface area contributed by atoms with Gasteiger partial charge >= 0.3 is 0 Å². The number of para-hydroxylation sites is 1. The maximum Gasteiger partial charge on any atom is 0.209 e. The molecule has 6 nitrogen and oxygen atoms in total. The molecule has 2 aromatic rings. The summed E-state index contributed by atoms with van der Waals surface area (Å²) in [5.41, 5.74) is 3.01. The van der Waals surface area contributed by atoms with E-state index in [1.54, 1.807) is 19.1 Å². The number of piperidine rings is 1. The van der Waals surface area contributed by atoms with E-state index in [0.29, 0.717) is 0 Å². The molecule has 1 saturated heterocycles. The van der Waals surface area contributed by atoms with Crippen molar-refractivity contribution in [1.82, 2.24) is 5.01 Å². The van der Waals surface area contributed by atoms with E-state index in [1.165, 1.54) is 18.5 Å². The van der Waals surface area contributed by atoms with E-state index in [0.717, 1.165) is 60.9 Å². The number of benzene rings is 2. The highest BCUT2D eigenvalue weighted by Crippen LogP contribution is 2.52. The Labute approximate surface area is 184 Å². The summed E-state index contributed by atoms with van der Waals surface area (Å²) in [5.74, 6) is 2.58. The Balaban J connectivity index is 1.53. The maximum atomic E-state index is 6.80. The van der Waals surface area contributed by atoms with Gasteiger partial charge in [-0.25, -0.2) is 5.01 Å². The SMILES string of the molecule is CCC[NH+]1CCC2(CC1)Oc1c(OC)cccc1[C@H]1CC(c3ccc(OC)cc3)=NN12. The van der Waals surface area contributed by atoms with Gasteiger partial charge in [-0.1, -0.05) is 19.1 Å². The minimum atomic E-state index is -0.405. The molecule has 1 fully saturated rings. The van der Waals surface area contributed by atoms with E-state index in [4.69, 9.17) is 19.3 Å². The van der Waals surface area contributed by atoms with Gasteiger partial charge in [0.25, 0.3) is 0 Å². The van der Waals surface area contributed by atoms with Gasteiger partial charge in [-0.15, -0.1) is 0 Å². The number of nitrogens with one attached hydrogen (secondary N) is 1. The number of quaternary nitrogens is 1. The van der Waals surface area contributed by atoms with E-state index in [9.17, 15) is 0 Å². The average molecular weight is 423 g/mol. The normalized spacial score (nSPS) is 26.7. The minimum Gasteiger partial charge on any atom is -0.497 e. The number of fused-ring (bicyclic) bond motifs is 4.